The quantitative estimate of drug-likeness (QED) is 0.0674. The van der Waals surface area contributed by atoms with Gasteiger partial charge in [0.1, 0.15) is 41.1 Å². The number of H-pyrrole nitrogens is 1. The lowest BCUT2D eigenvalue weighted by atomic mass is 9.78. The first-order chi connectivity index (χ1) is 26.9. The van der Waals surface area contributed by atoms with Gasteiger partial charge in [-0.05, 0) is 59.9 Å². The molecule has 13 heteroatoms. The summed E-state index contributed by atoms with van der Waals surface area (Å²) in [6, 6.07) is 34.0. The van der Waals surface area contributed by atoms with Crippen molar-refractivity contribution < 1.29 is 36.3 Å². The Hall–Kier alpha value is -5.31. The zero-order valence-electron chi connectivity index (χ0n) is 31.8. The lowest BCUT2D eigenvalue weighted by molar-refractivity contribution is -0.219. The Morgan fingerprint density at radius 1 is 0.857 bits per heavy atom. The number of rotatable bonds is 17. The van der Waals surface area contributed by atoms with Crippen molar-refractivity contribution in [2.75, 3.05) is 33.7 Å². The summed E-state index contributed by atoms with van der Waals surface area (Å²) in [5, 5.41) is 0. The second kappa shape index (κ2) is 16.8. The number of benzene rings is 4. The lowest BCUT2D eigenvalue weighted by Crippen LogP contribution is -2.59. The zero-order valence-corrected chi connectivity index (χ0v) is 32.6. The van der Waals surface area contributed by atoms with Crippen LogP contribution in [0.15, 0.2) is 138 Å². The summed E-state index contributed by atoms with van der Waals surface area (Å²) in [7, 11) is -0.899. The summed E-state index contributed by atoms with van der Waals surface area (Å²) in [6.07, 6.45) is 3.12. The minimum Gasteiger partial charge on any atom is -0.497 e. The van der Waals surface area contributed by atoms with E-state index in [2.05, 4.69) is 11.6 Å². The van der Waals surface area contributed by atoms with Gasteiger partial charge >= 0.3 is 5.69 Å². The Labute approximate surface area is 326 Å². The summed E-state index contributed by atoms with van der Waals surface area (Å²) < 4.78 is 64.9. The van der Waals surface area contributed by atoms with E-state index in [-0.39, 0.29) is 31.6 Å². The van der Waals surface area contributed by atoms with Gasteiger partial charge < -0.3 is 23.7 Å². The van der Waals surface area contributed by atoms with E-state index in [4.69, 9.17) is 27.9 Å². The first-order valence-corrected chi connectivity index (χ1v) is 19.8. The summed E-state index contributed by atoms with van der Waals surface area (Å²) in [5.41, 5.74) is -2.45. The van der Waals surface area contributed by atoms with Crippen LogP contribution in [0.5, 0.6) is 11.5 Å². The van der Waals surface area contributed by atoms with Crippen LogP contribution in [-0.4, -0.2) is 62.9 Å². The highest BCUT2D eigenvalue weighted by Gasteiger charge is 2.63. The van der Waals surface area contributed by atoms with Gasteiger partial charge in [-0.25, -0.2) is 4.79 Å². The maximum atomic E-state index is 13.4. The van der Waals surface area contributed by atoms with Gasteiger partial charge in [-0.15, -0.1) is 6.58 Å². The number of methoxy groups -OCH3 is 2. The molecule has 1 aliphatic heterocycles. The minimum absolute atomic E-state index is 0.0249. The molecule has 0 radical (unpaired) electrons. The average molecular weight is 783 g/mol. The van der Waals surface area contributed by atoms with Crippen molar-refractivity contribution >= 4 is 10.1 Å². The highest BCUT2D eigenvalue weighted by molar-refractivity contribution is 7.86. The van der Waals surface area contributed by atoms with Crippen LogP contribution in [-0.2, 0) is 40.7 Å². The molecule has 1 aromatic heterocycles. The molecule has 4 aromatic carbocycles. The predicted molar refractivity (Wildman–Crippen MR) is 211 cm³/mol. The highest BCUT2D eigenvalue weighted by Crippen LogP contribution is 2.52. The molecule has 0 spiro atoms. The van der Waals surface area contributed by atoms with E-state index < -0.39 is 51.0 Å². The van der Waals surface area contributed by atoms with Crippen molar-refractivity contribution in [3.63, 3.8) is 0 Å². The summed E-state index contributed by atoms with van der Waals surface area (Å²) in [6.45, 7) is 4.83. The smallest absolute Gasteiger partial charge is 0.330 e. The van der Waals surface area contributed by atoms with E-state index in [1.165, 1.54) is 10.8 Å². The first-order valence-electron chi connectivity index (χ1n) is 18.0. The molecule has 0 amide bonds. The van der Waals surface area contributed by atoms with Crippen LogP contribution in [0.4, 0.5) is 0 Å². The molecule has 0 bridgehead atoms. The summed E-state index contributed by atoms with van der Waals surface area (Å²) in [5.74, 6) is 1.26. The van der Waals surface area contributed by atoms with E-state index >= 15 is 0 Å². The Morgan fingerprint density at radius 3 is 1.95 bits per heavy atom. The second-order valence-corrected chi connectivity index (χ2v) is 15.4. The molecule has 2 heterocycles. The molecular weight excluding hydrogens is 737 g/mol. The van der Waals surface area contributed by atoms with Crippen LogP contribution in [0.2, 0.25) is 0 Å². The molecule has 0 unspecified atom stereocenters. The van der Waals surface area contributed by atoms with Gasteiger partial charge in [0, 0.05) is 18.2 Å². The molecule has 5 aromatic rings. The molecular formula is C43H46N2O10S. The normalized spacial score (nSPS) is 19.8. The highest BCUT2D eigenvalue weighted by atomic mass is 32.2. The molecule has 1 saturated heterocycles. The minimum atomic E-state index is -4.07. The monoisotopic (exact) mass is 782 g/mol. The van der Waals surface area contributed by atoms with Crippen LogP contribution in [0, 0.1) is 6.92 Å². The maximum absolute atomic E-state index is 13.4. The molecule has 3 atom stereocenters. The molecule has 1 aliphatic rings. The number of aryl methyl sites for hydroxylation is 1. The standard InChI is InChI=1S/C43H46N2O10S/c1-6-25-41(52-28-32-13-9-7-10-14-32)26-38(45-27-31(2)39(46)44-40(45)47)55-42(41,30-54-56(5,48)49)29-53-43(33-15-11-8-12-16-33,34-17-21-36(50-3)22-18-34)35-19-23-37(51-4)24-20-35/h6-24,27,38H,1,25-26,28-30H2,2-5H3,(H,44,46,47)/t38-,41-,42-/m1/s1. The van der Waals surface area contributed by atoms with Crippen molar-refractivity contribution in [2.45, 2.75) is 49.4 Å². The van der Waals surface area contributed by atoms with Gasteiger partial charge in [0.05, 0.1) is 33.7 Å². The van der Waals surface area contributed by atoms with Crippen molar-refractivity contribution in [3.05, 3.63) is 177 Å². The van der Waals surface area contributed by atoms with Crippen LogP contribution < -0.4 is 20.7 Å². The summed E-state index contributed by atoms with van der Waals surface area (Å²) in [4.78, 5) is 28.2. The van der Waals surface area contributed by atoms with Gasteiger partial charge in [0.25, 0.3) is 15.7 Å². The van der Waals surface area contributed by atoms with Crippen LogP contribution in [0.25, 0.3) is 0 Å². The number of ether oxygens (including phenoxy) is 5. The van der Waals surface area contributed by atoms with Crippen molar-refractivity contribution in [1.29, 1.82) is 0 Å². The van der Waals surface area contributed by atoms with E-state index in [0.717, 1.165) is 28.5 Å². The fourth-order valence-corrected chi connectivity index (χ4v) is 7.66. The Balaban J connectivity index is 1.59. The fourth-order valence-electron chi connectivity index (χ4n) is 7.25. The van der Waals surface area contributed by atoms with E-state index in [1.807, 2.05) is 109 Å². The first kappa shape index (κ1) is 40.4. The van der Waals surface area contributed by atoms with E-state index in [1.54, 1.807) is 27.2 Å². The Morgan fingerprint density at radius 2 is 1.41 bits per heavy atom. The number of nitrogens with zero attached hydrogens (tertiary/aromatic N) is 1. The molecule has 6 rings (SSSR count). The second-order valence-electron chi connectivity index (χ2n) is 13.8. The van der Waals surface area contributed by atoms with Gasteiger partial charge in [-0.1, -0.05) is 91.0 Å². The number of hydrogen-bond donors (Lipinski definition) is 1. The lowest BCUT2D eigenvalue weighted by Gasteiger charge is -2.46. The predicted octanol–water partition coefficient (Wildman–Crippen LogP) is 6.04. The van der Waals surface area contributed by atoms with Crippen molar-refractivity contribution in [3.8, 4) is 11.5 Å². The molecule has 0 aliphatic carbocycles. The van der Waals surface area contributed by atoms with Gasteiger partial charge in [-0.3, -0.25) is 18.5 Å². The molecule has 56 heavy (non-hydrogen) atoms. The Kier molecular flexibility index (Phi) is 12.1. The van der Waals surface area contributed by atoms with Crippen LogP contribution in [0.1, 0.15) is 46.9 Å². The van der Waals surface area contributed by atoms with Gasteiger partial charge in [0.2, 0.25) is 0 Å². The van der Waals surface area contributed by atoms with Gasteiger partial charge in [-0.2, -0.15) is 8.42 Å². The third-order valence-corrected chi connectivity index (χ3v) is 10.7. The average Bonchev–Trinajstić information content (AvgIpc) is 3.52. The van der Waals surface area contributed by atoms with Crippen molar-refractivity contribution in [1.82, 2.24) is 9.55 Å². The SMILES string of the molecule is C=CC[C@@]1(OCc2ccccc2)C[C@H](n2cc(C)c(=O)[nH]c2=O)O[C@]1(COC(c1ccccc1)(c1ccc(OC)cc1)c1ccc(OC)cc1)COS(C)(=O)=O. The zero-order chi connectivity index (χ0) is 40.0. The third-order valence-electron chi connectivity index (χ3n) is 10.2. The van der Waals surface area contributed by atoms with Gasteiger partial charge in [0.15, 0.2) is 0 Å². The number of aromatic nitrogens is 2. The van der Waals surface area contributed by atoms with E-state index in [9.17, 15) is 18.0 Å². The number of aromatic amines is 1. The van der Waals surface area contributed by atoms with Crippen molar-refractivity contribution in [2.24, 2.45) is 0 Å². The van der Waals surface area contributed by atoms with Crippen LogP contribution >= 0.6 is 0 Å². The fraction of sp³-hybridized carbons (Fsp3) is 0.302. The third kappa shape index (κ3) is 8.27. The summed E-state index contributed by atoms with van der Waals surface area (Å²) >= 11 is 0. The maximum Gasteiger partial charge on any atom is 0.330 e. The largest absolute Gasteiger partial charge is 0.497 e. The number of hydrogen-bond acceptors (Lipinski definition) is 10. The molecule has 1 fully saturated rings. The molecule has 12 nitrogen and oxygen atoms in total. The molecule has 0 saturated carbocycles. The molecule has 294 valence electrons. The van der Waals surface area contributed by atoms with E-state index in [0.29, 0.717) is 11.5 Å². The number of nitrogens with one attached hydrogen (secondary N) is 1. The topological polar surface area (TPSA) is 144 Å². The Bertz CT molecular complexity index is 2280. The molecule has 1 N–H and O–H groups in total. The van der Waals surface area contributed by atoms with Crippen LogP contribution in [0.3, 0.4) is 0 Å².